The second-order valence-corrected chi connectivity index (χ2v) is 2.49. The number of carboxylic acid groups (broad SMARTS) is 3. The highest BCUT2D eigenvalue weighted by molar-refractivity contribution is 6.01. The molecule has 0 spiro atoms. The number of amides is 1. The van der Waals surface area contributed by atoms with E-state index in [9.17, 15) is 9.59 Å². The molecule has 86 valence electrons. The summed E-state index contributed by atoms with van der Waals surface area (Å²) < 4.78 is 0. The molecule has 1 aromatic carbocycles. The van der Waals surface area contributed by atoms with Gasteiger partial charge < -0.3 is 21.1 Å². The molecule has 16 heavy (non-hydrogen) atoms. The largest absolute Gasteiger partial charge is 0.478 e. The number of primary amides is 1. The summed E-state index contributed by atoms with van der Waals surface area (Å²) in [5.41, 5.74) is 3.65. The Morgan fingerprint density at radius 2 is 1.12 bits per heavy atom. The first-order valence-corrected chi connectivity index (χ1v) is 3.90. The van der Waals surface area contributed by atoms with Gasteiger partial charge in [-0.25, -0.2) is 14.4 Å². The van der Waals surface area contributed by atoms with Gasteiger partial charge in [-0.3, -0.25) is 0 Å². The van der Waals surface area contributed by atoms with Crippen molar-refractivity contribution in [3.63, 3.8) is 0 Å². The monoisotopic (exact) mass is 227 g/mol. The summed E-state index contributed by atoms with van der Waals surface area (Å²) in [5, 5.41) is 24.3. The van der Waals surface area contributed by atoms with Gasteiger partial charge in [-0.1, -0.05) is 12.1 Å². The van der Waals surface area contributed by atoms with Crippen molar-refractivity contribution in [2.24, 2.45) is 5.73 Å². The SMILES string of the molecule is NC(=O)O.O=C(O)c1ccccc1C(=O)O. The van der Waals surface area contributed by atoms with E-state index in [0.717, 1.165) is 0 Å². The average molecular weight is 227 g/mol. The maximum absolute atomic E-state index is 10.5. The van der Waals surface area contributed by atoms with Crippen LogP contribution in [-0.4, -0.2) is 33.4 Å². The Kier molecular flexibility index (Phi) is 5.05. The molecule has 0 aliphatic heterocycles. The van der Waals surface area contributed by atoms with Crippen molar-refractivity contribution < 1.29 is 29.7 Å². The van der Waals surface area contributed by atoms with Crippen LogP contribution in [0.3, 0.4) is 0 Å². The maximum Gasteiger partial charge on any atom is 0.402 e. The summed E-state index contributed by atoms with van der Waals surface area (Å²) in [6.07, 6.45) is -1.33. The van der Waals surface area contributed by atoms with Gasteiger partial charge in [-0.15, -0.1) is 0 Å². The molecule has 0 atom stereocenters. The van der Waals surface area contributed by atoms with Crippen molar-refractivity contribution in [3.05, 3.63) is 35.4 Å². The summed E-state index contributed by atoms with van der Waals surface area (Å²) >= 11 is 0. The summed E-state index contributed by atoms with van der Waals surface area (Å²) in [6, 6.07) is 5.48. The molecule has 0 unspecified atom stereocenters. The molecule has 0 saturated heterocycles. The highest BCUT2D eigenvalue weighted by Gasteiger charge is 2.13. The maximum atomic E-state index is 10.5. The number of carbonyl (C=O) groups is 3. The van der Waals surface area contributed by atoms with Gasteiger partial charge in [0.2, 0.25) is 0 Å². The van der Waals surface area contributed by atoms with E-state index in [1.807, 2.05) is 0 Å². The third kappa shape index (κ3) is 4.61. The molecule has 0 radical (unpaired) electrons. The first-order chi connectivity index (χ1) is 7.36. The van der Waals surface area contributed by atoms with Crippen molar-refractivity contribution in [1.29, 1.82) is 0 Å². The number of nitrogens with two attached hydrogens (primary N) is 1. The number of rotatable bonds is 2. The lowest BCUT2D eigenvalue weighted by Crippen LogP contribution is -2.06. The van der Waals surface area contributed by atoms with Crippen molar-refractivity contribution in [3.8, 4) is 0 Å². The molecule has 7 heteroatoms. The second-order valence-electron chi connectivity index (χ2n) is 2.49. The van der Waals surface area contributed by atoms with Crippen LogP contribution in [0.1, 0.15) is 20.7 Å². The summed E-state index contributed by atoms with van der Waals surface area (Å²) in [4.78, 5) is 29.7. The lowest BCUT2D eigenvalue weighted by Gasteiger charge is -1.98. The van der Waals surface area contributed by atoms with Crippen LogP contribution in [0.25, 0.3) is 0 Å². The molecular formula is C9H9NO6. The number of hydrogen-bond donors (Lipinski definition) is 4. The standard InChI is InChI=1S/C8H6O4.CH3NO2/c9-7(10)5-3-1-2-4-6(5)8(11)12;2-1(3)4/h1-4H,(H,9,10)(H,11,12);2H2,(H,3,4). The van der Waals surface area contributed by atoms with Crippen molar-refractivity contribution >= 4 is 18.0 Å². The minimum Gasteiger partial charge on any atom is -0.478 e. The first-order valence-electron chi connectivity index (χ1n) is 3.90. The van der Waals surface area contributed by atoms with Crippen LogP contribution in [0.15, 0.2) is 24.3 Å². The third-order valence-corrected chi connectivity index (χ3v) is 1.39. The normalized spacial score (nSPS) is 8.50. The molecule has 5 N–H and O–H groups in total. The highest BCUT2D eigenvalue weighted by Crippen LogP contribution is 2.07. The van der Waals surface area contributed by atoms with Gasteiger partial charge in [0.1, 0.15) is 0 Å². The molecule has 0 aliphatic rings. The Labute approximate surface area is 89.7 Å². The Morgan fingerprint density at radius 3 is 1.31 bits per heavy atom. The molecule has 0 fully saturated rings. The van der Waals surface area contributed by atoms with Gasteiger partial charge in [0, 0.05) is 0 Å². The van der Waals surface area contributed by atoms with E-state index in [1.165, 1.54) is 24.3 Å². The van der Waals surface area contributed by atoms with E-state index >= 15 is 0 Å². The predicted molar refractivity (Wildman–Crippen MR) is 52.6 cm³/mol. The van der Waals surface area contributed by atoms with Gasteiger partial charge in [0.15, 0.2) is 0 Å². The molecule has 1 amide bonds. The quantitative estimate of drug-likeness (QED) is 0.586. The first kappa shape index (κ1) is 13.4. The van der Waals surface area contributed by atoms with E-state index in [1.54, 1.807) is 0 Å². The lowest BCUT2D eigenvalue weighted by molar-refractivity contribution is 0.0651. The van der Waals surface area contributed by atoms with Crippen LogP contribution >= 0.6 is 0 Å². The van der Waals surface area contributed by atoms with Crippen molar-refractivity contribution in [2.45, 2.75) is 0 Å². The fourth-order valence-electron chi connectivity index (χ4n) is 0.856. The zero-order valence-electron chi connectivity index (χ0n) is 7.95. The van der Waals surface area contributed by atoms with Crippen LogP contribution in [0.2, 0.25) is 0 Å². The Morgan fingerprint density at radius 1 is 0.875 bits per heavy atom. The fraction of sp³-hybridized carbons (Fsp3) is 0. The zero-order valence-corrected chi connectivity index (χ0v) is 7.95. The number of hydrogen-bond acceptors (Lipinski definition) is 3. The van der Waals surface area contributed by atoms with Crippen molar-refractivity contribution in [2.75, 3.05) is 0 Å². The second kappa shape index (κ2) is 6.02. The van der Waals surface area contributed by atoms with E-state index < -0.39 is 18.0 Å². The Hall–Kier alpha value is -2.57. The molecule has 0 aromatic heterocycles. The molecule has 1 rings (SSSR count). The molecule has 0 aliphatic carbocycles. The van der Waals surface area contributed by atoms with E-state index in [2.05, 4.69) is 5.73 Å². The van der Waals surface area contributed by atoms with Crippen molar-refractivity contribution in [1.82, 2.24) is 0 Å². The smallest absolute Gasteiger partial charge is 0.402 e. The van der Waals surface area contributed by atoms with Crippen LogP contribution in [0.5, 0.6) is 0 Å². The van der Waals surface area contributed by atoms with Crippen LogP contribution in [-0.2, 0) is 0 Å². The highest BCUT2D eigenvalue weighted by atomic mass is 16.4. The fourth-order valence-corrected chi connectivity index (χ4v) is 0.856. The van der Waals surface area contributed by atoms with Crippen LogP contribution < -0.4 is 5.73 Å². The number of carboxylic acids is 2. The molecule has 7 nitrogen and oxygen atoms in total. The number of benzene rings is 1. The minimum absolute atomic E-state index is 0.190. The van der Waals surface area contributed by atoms with E-state index in [4.69, 9.17) is 20.1 Å². The molecule has 0 heterocycles. The van der Waals surface area contributed by atoms with E-state index in [-0.39, 0.29) is 11.1 Å². The number of aromatic carboxylic acids is 2. The predicted octanol–water partition coefficient (Wildman–Crippen LogP) is 0.706. The van der Waals surface area contributed by atoms with Crippen LogP contribution in [0.4, 0.5) is 4.79 Å². The summed E-state index contributed by atoms with van der Waals surface area (Å²) in [6.45, 7) is 0. The van der Waals surface area contributed by atoms with Gasteiger partial charge in [-0.2, -0.15) is 0 Å². The van der Waals surface area contributed by atoms with E-state index in [0.29, 0.717) is 0 Å². The minimum atomic E-state index is -1.33. The molecule has 1 aromatic rings. The lowest BCUT2D eigenvalue weighted by atomic mass is 10.1. The summed E-state index contributed by atoms with van der Waals surface area (Å²) in [7, 11) is 0. The van der Waals surface area contributed by atoms with Gasteiger partial charge in [0.25, 0.3) is 0 Å². The summed E-state index contributed by atoms with van der Waals surface area (Å²) in [5.74, 6) is -2.46. The third-order valence-electron chi connectivity index (χ3n) is 1.39. The molecular weight excluding hydrogens is 218 g/mol. The van der Waals surface area contributed by atoms with Gasteiger partial charge >= 0.3 is 18.0 Å². The van der Waals surface area contributed by atoms with Gasteiger partial charge in [0.05, 0.1) is 11.1 Å². The zero-order chi connectivity index (χ0) is 12.7. The topological polar surface area (TPSA) is 138 Å². The molecule has 0 bridgehead atoms. The Bertz CT molecular complexity index is 377. The van der Waals surface area contributed by atoms with Gasteiger partial charge in [-0.05, 0) is 12.1 Å². The average Bonchev–Trinajstić information content (AvgIpc) is 2.16. The Balaban J connectivity index is 0.000000487. The van der Waals surface area contributed by atoms with Crippen LogP contribution in [0, 0.1) is 0 Å². The molecule has 0 saturated carbocycles.